The van der Waals surface area contributed by atoms with E-state index in [1.807, 2.05) is 30.3 Å². The van der Waals surface area contributed by atoms with Crippen LogP contribution in [0.5, 0.6) is 5.75 Å². The molecule has 2 aromatic heterocycles. The first-order chi connectivity index (χ1) is 15.4. The zero-order valence-corrected chi connectivity index (χ0v) is 17.7. The highest BCUT2D eigenvalue weighted by atomic mass is 19.1. The predicted molar refractivity (Wildman–Crippen MR) is 117 cm³/mol. The SMILES string of the molecule is COc1ccc(-c2cc3nc4c(c(=O)n3[nH]2)CN(C(=O)c2ccc(C)c(F)c2)CC4)cc1. The molecule has 1 amide bonds. The Hall–Kier alpha value is -3.94. The van der Waals surface area contributed by atoms with Crippen molar-refractivity contribution in [3.05, 3.63) is 87.1 Å². The summed E-state index contributed by atoms with van der Waals surface area (Å²) in [6.07, 6.45) is 0.463. The molecule has 0 unspecified atom stereocenters. The van der Waals surface area contributed by atoms with Gasteiger partial charge < -0.3 is 9.64 Å². The van der Waals surface area contributed by atoms with E-state index in [1.54, 1.807) is 31.1 Å². The van der Waals surface area contributed by atoms with Crippen LogP contribution in [0.15, 0.2) is 53.3 Å². The summed E-state index contributed by atoms with van der Waals surface area (Å²) in [6, 6.07) is 13.8. The number of carbonyl (C=O) groups is 1. The Morgan fingerprint density at radius 2 is 1.94 bits per heavy atom. The van der Waals surface area contributed by atoms with Crippen molar-refractivity contribution in [1.29, 1.82) is 0 Å². The molecule has 2 aromatic carbocycles. The minimum Gasteiger partial charge on any atom is -0.497 e. The molecule has 5 rings (SSSR count). The number of nitrogens with zero attached hydrogens (tertiary/aromatic N) is 3. The van der Waals surface area contributed by atoms with Gasteiger partial charge in [-0.05, 0) is 54.4 Å². The Morgan fingerprint density at radius 1 is 1.16 bits per heavy atom. The maximum atomic E-state index is 13.9. The molecule has 8 heteroatoms. The number of hydrogen-bond acceptors (Lipinski definition) is 4. The highest BCUT2D eigenvalue weighted by Crippen LogP contribution is 2.23. The Morgan fingerprint density at radius 3 is 2.66 bits per heavy atom. The number of aryl methyl sites for hydroxylation is 1. The molecule has 0 saturated carbocycles. The standard InChI is InChI=1S/C24H21FN4O3/c1-14-3-4-16(11-19(14)25)23(30)28-10-9-20-18(13-28)24(31)29-22(26-20)12-21(27-29)15-5-7-17(32-2)8-6-15/h3-8,11-12,27H,9-10,13H2,1-2H3. The zero-order valence-electron chi connectivity index (χ0n) is 17.7. The van der Waals surface area contributed by atoms with Gasteiger partial charge in [-0.2, -0.15) is 0 Å². The minimum absolute atomic E-state index is 0.134. The monoisotopic (exact) mass is 432 g/mol. The van der Waals surface area contributed by atoms with Crippen LogP contribution >= 0.6 is 0 Å². The summed E-state index contributed by atoms with van der Waals surface area (Å²) >= 11 is 0. The molecule has 4 aromatic rings. The van der Waals surface area contributed by atoms with Crippen LogP contribution < -0.4 is 10.3 Å². The van der Waals surface area contributed by atoms with Crippen molar-refractivity contribution >= 4 is 11.6 Å². The average Bonchev–Trinajstić information content (AvgIpc) is 3.25. The van der Waals surface area contributed by atoms with Gasteiger partial charge in [0.2, 0.25) is 0 Å². The number of methoxy groups -OCH3 is 1. The number of aromatic nitrogens is 3. The highest BCUT2D eigenvalue weighted by Gasteiger charge is 2.26. The van der Waals surface area contributed by atoms with Crippen LogP contribution in [0.25, 0.3) is 16.9 Å². The molecular weight excluding hydrogens is 411 g/mol. The van der Waals surface area contributed by atoms with Crippen LogP contribution in [0.2, 0.25) is 0 Å². The molecule has 0 fully saturated rings. The van der Waals surface area contributed by atoms with E-state index in [0.29, 0.717) is 35.4 Å². The topological polar surface area (TPSA) is 79.7 Å². The van der Waals surface area contributed by atoms with E-state index in [9.17, 15) is 14.0 Å². The molecule has 0 aliphatic carbocycles. The highest BCUT2D eigenvalue weighted by molar-refractivity contribution is 5.94. The second-order valence-electron chi connectivity index (χ2n) is 7.87. The third kappa shape index (κ3) is 3.33. The lowest BCUT2D eigenvalue weighted by Crippen LogP contribution is -2.40. The van der Waals surface area contributed by atoms with E-state index < -0.39 is 5.82 Å². The number of H-pyrrole nitrogens is 1. The smallest absolute Gasteiger partial charge is 0.277 e. The first-order valence-electron chi connectivity index (χ1n) is 10.3. The van der Waals surface area contributed by atoms with Crippen molar-refractivity contribution in [3.63, 3.8) is 0 Å². The summed E-state index contributed by atoms with van der Waals surface area (Å²) in [5, 5.41) is 3.11. The van der Waals surface area contributed by atoms with Crippen LogP contribution in [0, 0.1) is 12.7 Å². The number of nitrogens with one attached hydrogen (secondary N) is 1. The Balaban J connectivity index is 1.48. The van der Waals surface area contributed by atoms with E-state index in [1.165, 1.54) is 10.6 Å². The zero-order chi connectivity index (χ0) is 22.4. The minimum atomic E-state index is -0.422. The van der Waals surface area contributed by atoms with Crippen molar-refractivity contribution in [2.75, 3.05) is 13.7 Å². The Labute approximate surface area is 183 Å². The number of benzene rings is 2. The van der Waals surface area contributed by atoms with Crippen LogP contribution in [-0.2, 0) is 13.0 Å². The van der Waals surface area contributed by atoms with Gasteiger partial charge in [-0.25, -0.2) is 13.9 Å². The fraction of sp³-hybridized carbons (Fsp3) is 0.208. The number of amides is 1. The Bertz CT molecular complexity index is 1410. The first-order valence-corrected chi connectivity index (χ1v) is 10.3. The van der Waals surface area contributed by atoms with Crippen LogP contribution in [-0.4, -0.2) is 39.1 Å². The van der Waals surface area contributed by atoms with Crippen molar-refractivity contribution in [2.45, 2.75) is 19.9 Å². The lowest BCUT2D eigenvalue weighted by molar-refractivity contribution is 0.0732. The number of halogens is 1. The molecule has 0 spiro atoms. The third-order valence-electron chi connectivity index (χ3n) is 5.87. The molecule has 3 heterocycles. The molecule has 7 nitrogen and oxygen atoms in total. The fourth-order valence-electron chi connectivity index (χ4n) is 3.98. The summed E-state index contributed by atoms with van der Waals surface area (Å²) in [5.41, 5.74) is 3.85. The number of aromatic amines is 1. The lowest BCUT2D eigenvalue weighted by atomic mass is 10.0. The van der Waals surface area contributed by atoms with Crippen molar-refractivity contribution < 1.29 is 13.9 Å². The van der Waals surface area contributed by atoms with Gasteiger partial charge >= 0.3 is 0 Å². The second-order valence-corrected chi connectivity index (χ2v) is 7.87. The van der Waals surface area contributed by atoms with E-state index >= 15 is 0 Å². The molecule has 32 heavy (non-hydrogen) atoms. The van der Waals surface area contributed by atoms with Gasteiger partial charge in [0.05, 0.1) is 30.6 Å². The van der Waals surface area contributed by atoms with Gasteiger partial charge in [0.25, 0.3) is 11.5 Å². The molecule has 0 radical (unpaired) electrons. The normalized spacial score (nSPS) is 13.3. The number of carbonyl (C=O) groups excluding carboxylic acids is 1. The second kappa shape index (κ2) is 7.64. The van der Waals surface area contributed by atoms with Gasteiger partial charge in [-0.3, -0.25) is 14.7 Å². The summed E-state index contributed by atoms with van der Waals surface area (Å²) in [5.74, 6) is 0.0208. The van der Waals surface area contributed by atoms with Gasteiger partial charge in [-0.15, -0.1) is 0 Å². The Kier molecular flexibility index (Phi) is 4.77. The molecular formula is C24H21FN4O3. The number of fused-ring (bicyclic) bond motifs is 2. The fourth-order valence-corrected chi connectivity index (χ4v) is 3.98. The maximum absolute atomic E-state index is 13.9. The first kappa shape index (κ1) is 20.0. The molecule has 1 aliphatic rings. The summed E-state index contributed by atoms with van der Waals surface area (Å²) in [6.45, 7) is 2.20. The number of rotatable bonds is 3. The lowest BCUT2D eigenvalue weighted by Gasteiger charge is -2.27. The summed E-state index contributed by atoms with van der Waals surface area (Å²) in [7, 11) is 1.61. The third-order valence-corrected chi connectivity index (χ3v) is 5.87. The quantitative estimate of drug-likeness (QED) is 0.539. The van der Waals surface area contributed by atoms with Gasteiger partial charge in [0, 0.05) is 24.6 Å². The van der Waals surface area contributed by atoms with Gasteiger partial charge in [0.15, 0.2) is 5.65 Å². The van der Waals surface area contributed by atoms with E-state index in [-0.39, 0.29) is 23.6 Å². The average molecular weight is 432 g/mol. The van der Waals surface area contributed by atoms with E-state index in [4.69, 9.17) is 4.74 Å². The summed E-state index contributed by atoms with van der Waals surface area (Å²) < 4.78 is 20.5. The van der Waals surface area contributed by atoms with Crippen LogP contribution in [0.4, 0.5) is 4.39 Å². The largest absolute Gasteiger partial charge is 0.497 e. The molecule has 0 saturated heterocycles. The summed E-state index contributed by atoms with van der Waals surface area (Å²) in [4.78, 5) is 32.3. The molecule has 162 valence electrons. The maximum Gasteiger partial charge on any atom is 0.277 e. The number of hydrogen-bond donors (Lipinski definition) is 1. The van der Waals surface area contributed by atoms with Crippen LogP contribution in [0.3, 0.4) is 0 Å². The van der Waals surface area contributed by atoms with E-state index in [2.05, 4.69) is 10.1 Å². The van der Waals surface area contributed by atoms with Crippen molar-refractivity contribution in [3.8, 4) is 17.0 Å². The van der Waals surface area contributed by atoms with Gasteiger partial charge in [0.1, 0.15) is 11.6 Å². The van der Waals surface area contributed by atoms with E-state index in [0.717, 1.165) is 17.0 Å². The van der Waals surface area contributed by atoms with Gasteiger partial charge in [-0.1, -0.05) is 6.07 Å². The predicted octanol–water partition coefficient (Wildman–Crippen LogP) is 3.34. The van der Waals surface area contributed by atoms with Crippen molar-refractivity contribution in [2.24, 2.45) is 0 Å². The molecule has 1 aliphatic heterocycles. The number of ether oxygens (including phenoxy) is 1. The molecule has 1 N–H and O–H groups in total. The molecule has 0 atom stereocenters. The molecule has 0 bridgehead atoms. The van der Waals surface area contributed by atoms with Crippen molar-refractivity contribution in [1.82, 2.24) is 19.5 Å². The van der Waals surface area contributed by atoms with Crippen LogP contribution in [0.1, 0.15) is 27.2 Å².